The summed E-state index contributed by atoms with van der Waals surface area (Å²) in [6.07, 6.45) is 0.0291. The summed E-state index contributed by atoms with van der Waals surface area (Å²) in [4.78, 5) is 29.5. The molecule has 2 aliphatic rings. The molecule has 0 aliphatic carbocycles. The monoisotopic (exact) mass is 647 g/mol. The number of aliphatic hydroxyl groups is 1. The fraction of sp³-hybridized carbons (Fsp3) is 0.444. The minimum absolute atomic E-state index is 0.146. The maximum Gasteiger partial charge on any atom is 0.410 e. The number of carbonyl (C=O) groups is 2. The predicted molar refractivity (Wildman–Crippen MR) is 177 cm³/mol. The third kappa shape index (κ3) is 9.15. The average Bonchev–Trinajstić information content (AvgIpc) is 3.12. The second kappa shape index (κ2) is 17.0. The lowest BCUT2D eigenvalue weighted by Gasteiger charge is -2.43. The van der Waals surface area contributed by atoms with Gasteiger partial charge in [-0.2, -0.15) is 0 Å². The number of rotatable bonds is 14. The first-order chi connectivity index (χ1) is 23.0. The van der Waals surface area contributed by atoms with Crippen molar-refractivity contribution in [2.75, 3.05) is 71.7 Å². The minimum Gasteiger partial charge on any atom is -0.497 e. The molecule has 0 saturated carbocycles. The highest BCUT2D eigenvalue weighted by molar-refractivity contribution is 5.76. The third-order valence-corrected chi connectivity index (χ3v) is 8.66. The van der Waals surface area contributed by atoms with Crippen LogP contribution in [-0.4, -0.2) is 94.9 Å². The van der Waals surface area contributed by atoms with Crippen molar-refractivity contribution in [1.82, 2.24) is 10.2 Å². The van der Waals surface area contributed by atoms with E-state index >= 15 is 0 Å². The van der Waals surface area contributed by atoms with Crippen molar-refractivity contribution >= 4 is 17.7 Å². The van der Waals surface area contributed by atoms with Crippen molar-refractivity contribution in [3.8, 4) is 11.5 Å². The Morgan fingerprint density at radius 3 is 2.53 bits per heavy atom. The fourth-order valence-corrected chi connectivity index (χ4v) is 6.27. The number of benzene rings is 3. The maximum absolute atomic E-state index is 13.4. The zero-order valence-electron chi connectivity index (χ0n) is 27.1. The van der Waals surface area contributed by atoms with Gasteiger partial charge in [0.1, 0.15) is 31.3 Å². The highest BCUT2D eigenvalue weighted by Gasteiger charge is 2.41. The molecule has 3 atom stereocenters. The van der Waals surface area contributed by atoms with Crippen molar-refractivity contribution in [3.05, 3.63) is 89.5 Å². The highest BCUT2D eigenvalue weighted by Crippen LogP contribution is 2.38. The molecule has 3 aromatic carbocycles. The van der Waals surface area contributed by atoms with Gasteiger partial charge in [0.25, 0.3) is 0 Å². The van der Waals surface area contributed by atoms with Gasteiger partial charge < -0.3 is 43.9 Å². The lowest BCUT2D eigenvalue weighted by Crippen LogP contribution is -2.54. The number of hydrogen-bond acceptors (Lipinski definition) is 9. The van der Waals surface area contributed by atoms with Gasteiger partial charge in [-0.25, -0.2) is 4.79 Å². The van der Waals surface area contributed by atoms with Gasteiger partial charge in [-0.1, -0.05) is 48.5 Å². The molecule has 2 N–H and O–H groups in total. The van der Waals surface area contributed by atoms with Gasteiger partial charge in [0.2, 0.25) is 5.91 Å². The Balaban J connectivity index is 1.39. The van der Waals surface area contributed by atoms with Crippen LogP contribution < -0.4 is 19.7 Å². The molecule has 11 heteroatoms. The number of carbonyl (C=O) groups excluding carboxylic acids is 2. The maximum atomic E-state index is 13.4. The van der Waals surface area contributed by atoms with Crippen LogP contribution in [0.1, 0.15) is 29.0 Å². The van der Waals surface area contributed by atoms with Crippen LogP contribution in [0, 0.1) is 5.92 Å². The number of aliphatic hydroxyl groups excluding tert-OH is 1. The molecule has 1 fully saturated rings. The van der Waals surface area contributed by atoms with Crippen LogP contribution in [0.25, 0.3) is 0 Å². The van der Waals surface area contributed by atoms with Crippen molar-refractivity contribution in [2.45, 2.75) is 31.7 Å². The molecule has 0 bridgehead atoms. The summed E-state index contributed by atoms with van der Waals surface area (Å²) in [5.74, 6) is 0.689. The Kier molecular flexibility index (Phi) is 12.3. The zero-order valence-corrected chi connectivity index (χ0v) is 27.1. The van der Waals surface area contributed by atoms with E-state index in [4.69, 9.17) is 23.7 Å². The van der Waals surface area contributed by atoms with Crippen molar-refractivity contribution in [3.63, 3.8) is 0 Å². The van der Waals surface area contributed by atoms with Gasteiger partial charge in [-0.3, -0.25) is 4.79 Å². The number of amides is 2. The molecule has 0 spiro atoms. The summed E-state index contributed by atoms with van der Waals surface area (Å²) in [6.45, 7) is 3.68. The second-order valence-electron chi connectivity index (χ2n) is 11.8. The summed E-state index contributed by atoms with van der Waals surface area (Å²) in [6, 6.07) is 23.4. The molecule has 252 valence electrons. The van der Waals surface area contributed by atoms with E-state index in [0.29, 0.717) is 32.9 Å². The molecule has 5 rings (SSSR count). The van der Waals surface area contributed by atoms with Crippen LogP contribution in [0.2, 0.25) is 0 Å². The Labute approximate surface area is 276 Å². The molecule has 2 amide bonds. The Morgan fingerprint density at radius 1 is 0.979 bits per heavy atom. The standard InChI is InChI=1S/C36H45N3O8/c1-43-17-6-15-38-16-18-45-32-14-9-27(19-31(32)38)25-46-33-22-39(36(42)47-24-26-7-4-3-5-8-26)21-29(20-37-34(41)23-40)35(33)28-10-12-30(44-2)13-11-28/h3-5,7-14,19,29,33,35,40H,6,15-18,20-25H2,1-2H3,(H,37,41)/t29-,33+,35+/m1/s1. The second-order valence-corrected chi connectivity index (χ2v) is 11.8. The van der Waals surface area contributed by atoms with Crippen LogP contribution in [0.3, 0.4) is 0 Å². The van der Waals surface area contributed by atoms with Gasteiger partial charge in [0.05, 0.1) is 38.6 Å². The third-order valence-electron chi connectivity index (χ3n) is 8.66. The lowest BCUT2D eigenvalue weighted by atomic mass is 9.78. The Morgan fingerprint density at radius 2 is 1.79 bits per heavy atom. The molecule has 0 aromatic heterocycles. The summed E-state index contributed by atoms with van der Waals surface area (Å²) < 4.78 is 29.0. The number of hydrogen-bond donors (Lipinski definition) is 2. The van der Waals surface area contributed by atoms with Crippen LogP contribution in [-0.2, 0) is 32.2 Å². The summed E-state index contributed by atoms with van der Waals surface area (Å²) in [5.41, 5.74) is 3.90. The number of likely N-dealkylation sites (tertiary alicyclic amines) is 1. The zero-order chi connectivity index (χ0) is 33.0. The molecule has 11 nitrogen and oxygen atoms in total. The van der Waals surface area contributed by atoms with E-state index < -0.39 is 24.7 Å². The minimum atomic E-state index is -0.618. The van der Waals surface area contributed by atoms with Crippen molar-refractivity contribution in [1.29, 1.82) is 0 Å². The molecule has 2 heterocycles. The molecule has 47 heavy (non-hydrogen) atoms. The summed E-state index contributed by atoms with van der Waals surface area (Å²) in [5, 5.41) is 12.2. The molecule has 0 radical (unpaired) electrons. The van der Waals surface area contributed by atoms with Gasteiger partial charge in [0.15, 0.2) is 0 Å². The molecular formula is C36H45N3O8. The number of ether oxygens (including phenoxy) is 5. The van der Waals surface area contributed by atoms with E-state index in [2.05, 4.69) is 16.3 Å². The Hall–Kier alpha value is -4.32. The first kappa shape index (κ1) is 34.0. The topological polar surface area (TPSA) is 119 Å². The van der Waals surface area contributed by atoms with Crippen molar-refractivity contribution in [2.24, 2.45) is 5.92 Å². The largest absolute Gasteiger partial charge is 0.497 e. The van der Waals surface area contributed by atoms with Gasteiger partial charge in [0, 0.05) is 45.2 Å². The van der Waals surface area contributed by atoms with Gasteiger partial charge in [-0.15, -0.1) is 0 Å². The molecule has 2 aliphatic heterocycles. The first-order valence-corrected chi connectivity index (χ1v) is 16.1. The number of methoxy groups -OCH3 is 2. The van der Waals surface area contributed by atoms with Crippen LogP contribution in [0.5, 0.6) is 11.5 Å². The molecule has 1 saturated heterocycles. The molecule has 3 aromatic rings. The van der Waals surface area contributed by atoms with Gasteiger partial charge >= 0.3 is 6.09 Å². The van der Waals surface area contributed by atoms with E-state index in [1.54, 1.807) is 19.1 Å². The summed E-state index contributed by atoms with van der Waals surface area (Å²) >= 11 is 0. The fourth-order valence-electron chi connectivity index (χ4n) is 6.27. The number of piperidine rings is 1. The van der Waals surface area contributed by atoms with E-state index in [1.807, 2.05) is 66.7 Å². The highest BCUT2D eigenvalue weighted by atomic mass is 16.6. The molecular weight excluding hydrogens is 602 g/mol. The normalized spacial score (nSPS) is 19.0. The smallest absolute Gasteiger partial charge is 0.410 e. The SMILES string of the molecule is COCCCN1CCOc2ccc(CO[C@H]3CN(C(=O)OCc4ccccc4)C[C@@H](CNC(=O)CO)[C@@H]3c3ccc(OC)cc3)cc21. The quantitative estimate of drug-likeness (QED) is 0.251. The van der Waals surface area contributed by atoms with E-state index in [1.165, 1.54) is 0 Å². The van der Waals surface area contributed by atoms with Crippen LogP contribution >= 0.6 is 0 Å². The predicted octanol–water partition coefficient (Wildman–Crippen LogP) is 3.98. The van der Waals surface area contributed by atoms with Crippen LogP contribution in [0.15, 0.2) is 72.8 Å². The van der Waals surface area contributed by atoms with Gasteiger partial charge in [-0.05, 0) is 47.4 Å². The first-order valence-electron chi connectivity index (χ1n) is 16.1. The van der Waals surface area contributed by atoms with Crippen molar-refractivity contribution < 1.29 is 38.4 Å². The van der Waals surface area contributed by atoms with E-state index in [-0.39, 0.29) is 25.0 Å². The summed E-state index contributed by atoms with van der Waals surface area (Å²) in [7, 11) is 3.33. The van der Waals surface area contributed by atoms with Crippen LogP contribution in [0.4, 0.5) is 10.5 Å². The van der Waals surface area contributed by atoms with E-state index in [0.717, 1.165) is 53.4 Å². The number of nitrogens with one attached hydrogen (secondary N) is 1. The lowest BCUT2D eigenvalue weighted by molar-refractivity contribution is -0.124. The number of fused-ring (bicyclic) bond motifs is 1. The number of anilines is 1. The number of nitrogens with zero attached hydrogens (tertiary/aromatic N) is 2. The Bertz CT molecular complexity index is 1440. The average molecular weight is 648 g/mol. The molecule has 0 unspecified atom stereocenters. The van der Waals surface area contributed by atoms with E-state index in [9.17, 15) is 14.7 Å².